The lowest BCUT2D eigenvalue weighted by atomic mass is 9.85. The zero-order chi connectivity index (χ0) is 32.8. The minimum Gasteiger partial charge on any atom is -0.480 e. The van der Waals surface area contributed by atoms with E-state index in [-0.39, 0.29) is 18.9 Å². The van der Waals surface area contributed by atoms with Gasteiger partial charge in [0, 0.05) is 18.8 Å². The maximum absolute atomic E-state index is 14.0. The second kappa shape index (κ2) is 17.6. The Morgan fingerprint density at radius 3 is 2.29 bits per heavy atom. The molecule has 1 aromatic carbocycles. The van der Waals surface area contributed by atoms with Crippen LogP contribution in [0.25, 0.3) is 0 Å². The second-order valence-electron chi connectivity index (χ2n) is 11.8. The number of anilines is 1. The molecule has 2 aliphatic heterocycles. The van der Waals surface area contributed by atoms with Crippen molar-refractivity contribution in [1.82, 2.24) is 15.3 Å². The Hall–Kier alpha value is -3.78. The van der Waals surface area contributed by atoms with E-state index in [1.807, 2.05) is 11.9 Å². The number of guanidine groups is 1. The number of amides is 1. The van der Waals surface area contributed by atoms with Gasteiger partial charge in [0.25, 0.3) is 11.9 Å². The predicted octanol–water partition coefficient (Wildman–Crippen LogP) is 3.94. The van der Waals surface area contributed by atoms with Gasteiger partial charge in [0.05, 0.1) is 12.6 Å². The molecule has 2 fully saturated rings. The van der Waals surface area contributed by atoms with Crippen molar-refractivity contribution in [3.63, 3.8) is 0 Å². The molecule has 250 valence electrons. The van der Waals surface area contributed by atoms with E-state index in [4.69, 9.17) is 10.5 Å². The molecule has 14 nitrogen and oxygen atoms in total. The van der Waals surface area contributed by atoms with Gasteiger partial charge in [0.15, 0.2) is 5.03 Å². The molecule has 0 aliphatic carbocycles. The van der Waals surface area contributed by atoms with Gasteiger partial charge >= 0.3 is 11.9 Å². The summed E-state index contributed by atoms with van der Waals surface area (Å²) in [5.74, 6) is -2.36. The molecular formula is C31H49N7O7. The van der Waals surface area contributed by atoms with Crippen molar-refractivity contribution in [2.45, 2.75) is 115 Å². The summed E-state index contributed by atoms with van der Waals surface area (Å²) in [7, 11) is 0. The highest BCUT2D eigenvalue weighted by atomic mass is 16.7. The SMILES string of the molecule is CCCCCCCCCCOC(=O)[C@@](CC)(N[C@H]1CCCN2CCC[C@@H](C(=O)O)N2C1=O)c1ccc(NC(N)=N[N+](=O)[O-])cc1. The highest BCUT2D eigenvalue weighted by Gasteiger charge is 2.47. The lowest BCUT2D eigenvalue weighted by Gasteiger charge is -2.43. The smallest absolute Gasteiger partial charge is 0.331 e. The number of nitro groups is 1. The number of rotatable bonds is 17. The Bertz CT molecular complexity index is 1180. The van der Waals surface area contributed by atoms with Crippen molar-refractivity contribution in [3.05, 3.63) is 39.9 Å². The zero-order valence-electron chi connectivity index (χ0n) is 26.5. The number of carbonyl (C=O) groups excluding carboxylic acids is 2. The number of nitrogens with two attached hydrogens (primary N) is 1. The fourth-order valence-electron chi connectivity index (χ4n) is 6.16. The Kier molecular flexibility index (Phi) is 14.0. The minimum atomic E-state index is -1.41. The molecule has 0 radical (unpaired) electrons. The lowest BCUT2D eigenvalue weighted by Crippen LogP contribution is -2.63. The van der Waals surface area contributed by atoms with Gasteiger partial charge in [-0.1, -0.05) is 70.9 Å². The summed E-state index contributed by atoms with van der Waals surface area (Å²) in [6.45, 7) is 5.40. The summed E-state index contributed by atoms with van der Waals surface area (Å²) >= 11 is 0. The van der Waals surface area contributed by atoms with Crippen LogP contribution in [0.3, 0.4) is 0 Å². The first-order chi connectivity index (χ1) is 21.6. The van der Waals surface area contributed by atoms with Crippen LogP contribution in [0.1, 0.15) is 103 Å². The first kappa shape index (κ1) is 35.7. The van der Waals surface area contributed by atoms with Crippen LogP contribution in [0.2, 0.25) is 0 Å². The number of hydrazine groups is 1. The number of nitrogens with zero attached hydrogens (tertiary/aromatic N) is 4. The van der Waals surface area contributed by atoms with Gasteiger partial charge in [0.2, 0.25) is 0 Å². The summed E-state index contributed by atoms with van der Waals surface area (Å²) in [5.41, 5.74) is 5.12. The second-order valence-corrected chi connectivity index (χ2v) is 11.8. The Balaban J connectivity index is 1.82. The van der Waals surface area contributed by atoms with Crippen molar-refractivity contribution in [2.75, 3.05) is 25.0 Å². The topological polar surface area (TPSA) is 193 Å². The number of carboxylic acid groups (broad SMARTS) is 1. The Morgan fingerprint density at radius 1 is 1.07 bits per heavy atom. The van der Waals surface area contributed by atoms with Gasteiger partial charge in [-0.15, -0.1) is 0 Å². The molecule has 45 heavy (non-hydrogen) atoms. The number of fused-ring (bicyclic) bond motifs is 1. The molecule has 3 atom stereocenters. The number of ether oxygens (including phenoxy) is 1. The van der Waals surface area contributed by atoms with E-state index in [9.17, 15) is 29.6 Å². The number of unbranched alkanes of at least 4 members (excludes halogenated alkanes) is 7. The van der Waals surface area contributed by atoms with Crippen LogP contribution in [0.15, 0.2) is 29.4 Å². The van der Waals surface area contributed by atoms with Gasteiger partial charge in [-0.05, 0) is 56.2 Å². The number of hydrogen-bond acceptors (Lipinski definition) is 8. The number of esters is 1. The molecule has 2 aliphatic rings. The molecule has 1 amide bonds. The van der Waals surface area contributed by atoms with Crippen molar-refractivity contribution in [1.29, 1.82) is 0 Å². The van der Waals surface area contributed by atoms with Crippen molar-refractivity contribution in [2.24, 2.45) is 10.8 Å². The summed E-state index contributed by atoms with van der Waals surface area (Å²) < 4.78 is 5.85. The van der Waals surface area contributed by atoms with E-state index in [1.165, 1.54) is 30.7 Å². The van der Waals surface area contributed by atoms with Crippen LogP contribution >= 0.6 is 0 Å². The summed E-state index contributed by atoms with van der Waals surface area (Å²) in [6, 6.07) is 4.77. The number of hydrogen-bond donors (Lipinski definition) is 4. The predicted molar refractivity (Wildman–Crippen MR) is 169 cm³/mol. The molecule has 2 heterocycles. The number of carboxylic acids is 1. The molecule has 14 heteroatoms. The summed E-state index contributed by atoms with van der Waals surface area (Å²) in [4.78, 5) is 50.7. The van der Waals surface area contributed by atoms with Gasteiger partial charge in [-0.2, -0.15) is 0 Å². The quantitative estimate of drug-likeness (QED) is 0.0486. The van der Waals surface area contributed by atoms with E-state index in [0.717, 1.165) is 25.7 Å². The summed E-state index contributed by atoms with van der Waals surface area (Å²) in [6.07, 6.45) is 11.1. The van der Waals surface area contributed by atoms with E-state index in [0.29, 0.717) is 50.0 Å². The summed E-state index contributed by atoms with van der Waals surface area (Å²) in [5, 5.41) is 31.8. The van der Waals surface area contributed by atoms with Crippen molar-refractivity contribution < 1.29 is 29.3 Å². The largest absolute Gasteiger partial charge is 0.480 e. The third-order valence-electron chi connectivity index (χ3n) is 8.58. The highest BCUT2D eigenvalue weighted by molar-refractivity contribution is 5.92. The first-order valence-corrected chi connectivity index (χ1v) is 16.2. The molecular weight excluding hydrogens is 582 g/mol. The molecule has 2 saturated heterocycles. The monoisotopic (exact) mass is 631 g/mol. The van der Waals surface area contributed by atoms with Crippen LogP contribution in [0, 0.1) is 10.1 Å². The van der Waals surface area contributed by atoms with E-state index < -0.39 is 40.6 Å². The van der Waals surface area contributed by atoms with E-state index in [1.54, 1.807) is 24.3 Å². The van der Waals surface area contributed by atoms with Crippen LogP contribution in [-0.2, 0) is 24.7 Å². The van der Waals surface area contributed by atoms with Crippen LogP contribution in [-0.4, -0.2) is 75.7 Å². The number of benzene rings is 1. The molecule has 0 aromatic heterocycles. The van der Waals surface area contributed by atoms with Gasteiger partial charge in [-0.3, -0.25) is 15.1 Å². The molecule has 0 bridgehead atoms. The fraction of sp³-hybridized carbons (Fsp3) is 0.677. The van der Waals surface area contributed by atoms with Gasteiger partial charge < -0.3 is 20.9 Å². The minimum absolute atomic E-state index is 0.240. The zero-order valence-corrected chi connectivity index (χ0v) is 26.5. The van der Waals surface area contributed by atoms with E-state index >= 15 is 0 Å². The van der Waals surface area contributed by atoms with Crippen LogP contribution in [0.5, 0.6) is 0 Å². The first-order valence-electron chi connectivity index (χ1n) is 16.2. The molecule has 0 unspecified atom stereocenters. The van der Waals surface area contributed by atoms with Gasteiger partial charge in [-0.25, -0.2) is 24.7 Å². The number of nitrogens with one attached hydrogen (secondary N) is 2. The number of carbonyl (C=O) groups is 3. The lowest BCUT2D eigenvalue weighted by molar-refractivity contribution is -0.485. The molecule has 0 saturated carbocycles. The highest BCUT2D eigenvalue weighted by Crippen LogP contribution is 2.32. The standard InChI is InChI=1S/C31H49N7O7/c1-3-5-6-7-8-9-10-11-22-45-29(42)31(4-2,23-16-18-24(19-17-23)33-30(32)35-38(43)44)34-25-14-12-20-36-21-13-15-26(28(40)41)37(36)27(25)39/h16-19,25-26,34H,3-15,20-22H2,1-2H3,(H,40,41)(H3,32,33,35)/t25-,26-,31-/m0/s1. The van der Waals surface area contributed by atoms with Crippen LogP contribution < -0.4 is 16.4 Å². The Morgan fingerprint density at radius 2 is 1.69 bits per heavy atom. The van der Waals surface area contributed by atoms with E-state index in [2.05, 4.69) is 22.7 Å². The number of aliphatic carboxylic acids is 1. The average molecular weight is 632 g/mol. The van der Waals surface area contributed by atoms with Gasteiger partial charge in [0.1, 0.15) is 16.7 Å². The molecule has 5 N–H and O–H groups in total. The van der Waals surface area contributed by atoms with Crippen molar-refractivity contribution in [3.8, 4) is 0 Å². The third-order valence-corrected chi connectivity index (χ3v) is 8.58. The molecule has 3 rings (SSSR count). The van der Waals surface area contributed by atoms with Crippen LogP contribution in [0.4, 0.5) is 5.69 Å². The third kappa shape index (κ3) is 9.85. The fourth-order valence-corrected chi connectivity index (χ4v) is 6.16. The molecule has 0 spiro atoms. The Labute approximate surface area is 264 Å². The maximum atomic E-state index is 14.0. The number of hydrazone groups is 1. The molecule has 1 aromatic rings. The average Bonchev–Trinajstić information content (AvgIpc) is 3.16. The van der Waals surface area contributed by atoms with Crippen molar-refractivity contribution >= 4 is 29.5 Å². The maximum Gasteiger partial charge on any atom is 0.331 e. The normalized spacial score (nSPS) is 20.5.